The fourth-order valence-electron chi connectivity index (χ4n) is 3.53. The van der Waals surface area contributed by atoms with E-state index in [-0.39, 0.29) is 24.2 Å². The van der Waals surface area contributed by atoms with Gasteiger partial charge in [0.15, 0.2) is 0 Å². The van der Waals surface area contributed by atoms with Crippen molar-refractivity contribution in [3.8, 4) is 5.75 Å². The Morgan fingerprint density at radius 2 is 2.08 bits per heavy atom. The second-order valence-corrected chi connectivity index (χ2v) is 7.23. The topological polar surface area (TPSA) is 78.9 Å². The van der Waals surface area contributed by atoms with E-state index < -0.39 is 11.9 Å². The Morgan fingerprint density at radius 3 is 2.83 bits per heavy atom. The van der Waals surface area contributed by atoms with E-state index in [4.69, 9.17) is 4.74 Å². The minimum absolute atomic E-state index is 0.136. The van der Waals surface area contributed by atoms with Gasteiger partial charge in [0.2, 0.25) is 0 Å². The van der Waals surface area contributed by atoms with Crippen LogP contribution in [0.3, 0.4) is 0 Å². The van der Waals surface area contributed by atoms with Crippen LogP contribution >= 0.6 is 0 Å². The minimum atomic E-state index is -0.829. The Hall–Kier alpha value is -2.24. The van der Waals surface area contributed by atoms with Gasteiger partial charge in [0.25, 0.3) is 0 Å². The van der Waals surface area contributed by atoms with Crippen molar-refractivity contribution in [1.82, 2.24) is 10.2 Å². The van der Waals surface area contributed by atoms with E-state index in [1.165, 1.54) is 0 Å². The molecule has 1 saturated heterocycles. The van der Waals surface area contributed by atoms with Gasteiger partial charge in [0.1, 0.15) is 11.4 Å². The van der Waals surface area contributed by atoms with Gasteiger partial charge in [-0.25, -0.2) is 4.79 Å². The van der Waals surface area contributed by atoms with E-state index in [1.54, 1.807) is 4.90 Å². The summed E-state index contributed by atoms with van der Waals surface area (Å²) in [6.07, 6.45) is 2.03. The minimum Gasteiger partial charge on any atom is -0.487 e. The Labute approximate surface area is 141 Å². The molecule has 0 spiro atoms. The first-order chi connectivity index (χ1) is 11.4. The number of fused-ring (bicyclic) bond motifs is 1. The molecule has 2 atom stereocenters. The average molecular weight is 332 g/mol. The highest BCUT2D eigenvalue weighted by Crippen LogP contribution is 2.39. The summed E-state index contributed by atoms with van der Waals surface area (Å²) >= 11 is 0. The maximum absolute atomic E-state index is 12.6. The van der Waals surface area contributed by atoms with Crippen molar-refractivity contribution in [2.24, 2.45) is 5.92 Å². The van der Waals surface area contributed by atoms with E-state index in [0.717, 1.165) is 17.7 Å². The summed E-state index contributed by atoms with van der Waals surface area (Å²) < 4.78 is 5.98. The highest BCUT2D eigenvalue weighted by atomic mass is 16.5. The number of nitrogens with one attached hydrogen (secondary N) is 1. The van der Waals surface area contributed by atoms with Crippen LogP contribution in [0, 0.1) is 5.92 Å². The first-order valence-corrected chi connectivity index (χ1v) is 8.42. The number of hydrogen-bond acceptors (Lipinski definition) is 3. The smallest absolute Gasteiger partial charge is 0.317 e. The van der Waals surface area contributed by atoms with Gasteiger partial charge < -0.3 is 20.1 Å². The van der Waals surface area contributed by atoms with Crippen molar-refractivity contribution < 1.29 is 19.4 Å². The predicted molar refractivity (Wildman–Crippen MR) is 89.0 cm³/mol. The van der Waals surface area contributed by atoms with Crippen LogP contribution in [0.1, 0.15) is 44.7 Å². The Balaban J connectivity index is 1.73. The molecule has 1 aromatic rings. The first kappa shape index (κ1) is 16.6. The largest absolute Gasteiger partial charge is 0.487 e. The molecule has 6 heteroatoms. The molecule has 24 heavy (non-hydrogen) atoms. The molecule has 0 saturated carbocycles. The van der Waals surface area contributed by atoms with Crippen molar-refractivity contribution in [2.45, 2.75) is 44.8 Å². The highest BCUT2D eigenvalue weighted by molar-refractivity contribution is 5.77. The molecule has 6 nitrogen and oxygen atoms in total. The molecule has 2 aliphatic heterocycles. The van der Waals surface area contributed by atoms with Crippen molar-refractivity contribution in [3.05, 3.63) is 29.8 Å². The number of rotatable bonds is 2. The highest BCUT2D eigenvalue weighted by Gasteiger charge is 2.36. The summed E-state index contributed by atoms with van der Waals surface area (Å²) in [4.78, 5) is 25.4. The molecule has 2 heterocycles. The predicted octanol–water partition coefficient (Wildman–Crippen LogP) is 2.80. The number of ether oxygens (including phenoxy) is 1. The van der Waals surface area contributed by atoms with E-state index >= 15 is 0 Å². The SMILES string of the molecule is CC1(C)CC(NC(=O)N2CCCC(C(=O)O)C2)c2ccccc2O1. The summed E-state index contributed by atoms with van der Waals surface area (Å²) in [7, 11) is 0. The van der Waals surface area contributed by atoms with Gasteiger partial charge in [0, 0.05) is 25.1 Å². The molecule has 0 radical (unpaired) electrons. The van der Waals surface area contributed by atoms with Gasteiger partial charge in [-0.2, -0.15) is 0 Å². The number of urea groups is 1. The van der Waals surface area contributed by atoms with Crippen LogP contribution in [0.5, 0.6) is 5.75 Å². The number of carbonyl (C=O) groups is 2. The van der Waals surface area contributed by atoms with Crippen LogP contribution in [0.2, 0.25) is 0 Å². The fraction of sp³-hybridized carbons (Fsp3) is 0.556. The van der Waals surface area contributed by atoms with Crippen LogP contribution in [0.25, 0.3) is 0 Å². The van der Waals surface area contributed by atoms with Crippen LogP contribution in [0.4, 0.5) is 4.79 Å². The number of carbonyl (C=O) groups excluding carboxylic acids is 1. The van der Waals surface area contributed by atoms with Gasteiger partial charge in [0.05, 0.1) is 12.0 Å². The molecular formula is C18H24N2O4. The molecule has 0 aliphatic carbocycles. The molecule has 0 aromatic heterocycles. The number of para-hydroxylation sites is 1. The van der Waals surface area contributed by atoms with E-state index in [0.29, 0.717) is 19.4 Å². The number of amides is 2. The van der Waals surface area contributed by atoms with E-state index in [1.807, 2.05) is 38.1 Å². The molecule has 3 rings (SSSR count). The zero-order valence-electron chi connectivity index (χ0n) is 14.1. The standard InChI is InChI=1S/C18H24N2O4/c1-18(2)10-14(13-7-3-4-8-15(13)24-18)19-17(23)20-9-5-6-12(11-20)16(21)22/h3-4,7-8,12,14H,5-6,9-11H2,1-2H3,(H,19,23)(H,21,22). The third-order valence-electron chi connectivity index (χ3n) is 4.73. The van der Waals surface area contributed by atoms with E-state index in [2.05, 4.69) is 5.32 Å². The normalized spacial score (nSPS) is 25.3. The van der Waals surface area contributed by atoms with Gasteiger partial charge in [-0.3, -0.25) is 4.79 Å². The Bertz CT molecular complexity index is 644. The lowest BCUT2D eigenvalue weighted by atomic mass is 9.90. The van der Waals surface area contributed by atoms with Crippen LogP contribution in [0.15, 0.2) is 24.3 Å². The second-order valence-electron chi connectivity index (χ2n) is 7.23. The second kappa shape index (κ2) is 6.34. The summed E-state index contributed by atoms with van der Waals surface area (Å²) in [5.74, 6) is -0.505. The van der Waals surface area contributed by atoms with Gasteiger partial charge in [-0.05, 0) is 32.8 Å². The number of piperidine rings is 1. The third kappa shape index (κ3) is 3.47. The van der Waals surface area contributed by atoms with Crippen molar-refractivity contribution in [1.29, 1.82) is 0 Å². The number of carboxylic acid groups (broad SMARTS) is 1. The summed E-state index contributed by atoms with van der Waals surface area (Å²) in [5.41, 5.74) is 0.606. The molecule has 2 unspecified atom stereocenters. The lowest BCUT2D eigenvalue weighted by molar-refractivity contribution is -0.143. The first-order valence-electron chi connectivity index (χ1n) is 8.42. The van der Waals surface area contributed by atoms with Crippen LogP contribution in [-0.2, 0) is 4.79 Å². The summed E-state index contributed by atoms with van der Waals surface area (Å²) in [5, 5.41) is 12.3. The number of nitrogens with zero attached hydrogens (tertiary/aromatic N) is 1. The molecule has 0 bridgehead atoms. The zero-order valence-corrected chi connectivity index (χ0v) is 14.1. The van der Waals surface area contributed by atoms with Gasteiger partial charge in [-0.15, -0.1) is 0 Å². The Morgan fingerprint density at radius 1 is 1.33 bits per heavy atom. The number of hydrogen-bond donors (Lipinski definition) is 2. The van der Waals surface area contributed by atoms with Crippen molar-refractivity contribution >= 4 is 12.0 Å². The summed E-state index contributed by atoms with van der Waals surface area (Å²) in [6.45, 7) is 4.88. The molecular weight excluding hydrogens is 308 g/mol. The molecule has 130 valence electrons. The van der Waals surface area contributed by atoms with Crippen molar-refractivity contribution in [2.75, 3.05) is 13.1 Å². The molecule has 1 fully saturated rings. The van der Waals surface area contributed by atoms with Gasteiger partial charge in [-0.1, -0.05) is 18.2 Å². The number of likely N-dealkylation sites (tertiary alicyclic amines) is 1. The third-order valence-corrected chi connectivity index (χ3v) is 4.73. The summed E-state index contributed by atoms with van der Waals surface area (Å²) in [6, 6.07) is 7.39. The molecule has 1 aromatic carbocycles. The quantitative estimate of drug-likeness (QED) is 0.873. The van der Waals surface area contributed by atoms with Gasteiger partial charge >= 0.3 is 12.0 Å². The molecule has 2 N–H and O–H groups in total. The number of aliphatic carboxylic acids is 1. The lowest BCUT2D eigenvalue weighted by Gasteiger charge is -2.39. The number of carboxylic acids is 1. The molecule has 2 amide bonds. The van der Waals surface area contributed by atoms with Crippen molar-refractivity contribution in [3.63, 3.8) is 0 Å². The fourth-order valence-corrected chi connectivity index (χ4v) is 3.53. The maximum atomic E-state index is 12.6. The molecule has 2 aliphatic rings. The number of benzene rings is 1. The zero-order chi connectivity index (χ0) is 17.3. The van der Waals surface area contributed by atoms with E-state index in [9.17, 15) is 14.7 Å². The monoisotopic (exact) mass is 332 g/mol. The Kier molecular flexibility index (Phi) is 4.39. The average Bonchev–Trinajstić information content (AvgIpc) is 2.54. The maximum Gasteiger partial charge on any atom is 0.317 e. The lowest BCUT2D eigenvalue weighted by Crippen LogP contribution is -2.49. The van der Waals surface area contributed by atoms with Crippen LogP contribution in [-0.4, -0.2) is 40.7 Å². The van der Waals surface area contributed by atoms with Crippen LogP contribution < -0.4 is 10.1 Å².